The summed E-state index contributed by atoms with van der Waals surface area (Å²) < 4.78 is 63.0. The largest absolute Gasteiger partial charge is 0.477 e. The first-order valence-corrected chi connectivity index (χ1v) is 25.7. The molecule has 6 aliphatic heterocycles. The molecule has 22 N–H and O–H groups in total. The van der Waals surface area contributed by atoms with Crippen molar-refractivity contribution in [2.45, 2.75) is 217 Å². The maximum atomic E-state index is 13.0. The lowest BCUT2D eigenvalue weighted by atomic mass is 9.88. The number of aliphatic hydroxyl groups is 18. The monoisotopic (exact) mass is 1200 g/mol. The molecule has 0 radical (unpaired) electrons. The molecule has 6 rings (SSSR count). The Bertz CT molecular complexity index is 2090. The van der Waals surface area contributed by atoms with E-state index in [0.29, 0.717) is 0 Å². The van der Waals surface area contributed by atoms with Gasteiger partial charge in [-0.1, -0.05) is 0 Å². The molecule has 0 spiro atoms. The second-order valence-corrected chi connectivity index (χ2v) is 20.4. The van der Waals surface area contributed by atoms with E-state index >= 15 is 0 Å². The molecule has 82 heavy (non-hydrogen) atoms. The SMILES string of the molecule is CC(=O)N[C@H]1[C@H](O[C@H]2[C@@H](O)[C@H](O[C@@H]3O[C@H](CO)[C@@H](O[C@@H]4O[C@H](CO)[C@H](O)[C@H](O[C@]5(C(=O)O)C[C@H](O)[C@@H](NC(C)=O)[C@H]([C@H](O)[C@H](O)CO)O5)[C@H]4O)[C@H](O)[C@H]3NC(C)=O)[C@@H](CO)O[C@@H]2O)O[C@H](CO)[C@@H](O[C@@H]2O[C@H](CO)[C@H](O)[C@H](O)[C@H]2O)[C@@H]1O. The molecule has 37 nitrogen and oxygen atoms in total. The van der Waals surface area contributed by atoms with Gasteiger partial charge in [0, 0.05) is 27.2 Å². The molecule has 6 aliphatic rings. The standard InChI is InChI=1S/C45H75N3O34/c1-11(55)46-21-14(58)4-45(44(70)71,81-36(21)24(60)15(59)5-49)82-37-26(62)17(7-51)74-43(32(37)68)79-34-20(10-54)75-40(22(27(34)63)47-12(2)56)77-35-18(8-52)72-39(69)38(31(35)67)80-41-23(48-13(3)57)28(64)33(19(9-53)76-41)78-42-30(66)29(65)25(61)16(6-50)73-42/h14-43,49-54,58-69H,4-10H2,1-3H3,(H,46,55)(H,47,56)(H,48,57)(H,70,71)/t14-,15+,16+,17+,18+,19+,20+,21+,22+,23+,24+,25-,26-,27+,28+,29-,30+,31-,32+,33+,34+,35+,36+,37-,38-,39-,40-,41-,42-,43-,45-/m0/s1. The zero-order chi connectivity index (χ0) is 61.0. The summed E-state index contributed by atoms with van der Waals surface area (Å²) in [4.78, 5) is 50.3. The van der Waals surface area contributed by atoms with Crippen molar-refractivity contribution < 1.29 is 168 Å². The zero-order valence-electron chi connectivity index (χ0n) is 43.9. The van der Waals surface area contributed by atoms with Crippen molar-refractivity contribution in [2.24, 2.45) is 0 Å². The third-order valence-electron chi connectivity index (χ3n) is 14.6. The van der Waals surface area contributed by atoms with Gasteiger partial charge in [0.15, 0.2) is 31.5 Å². The number of rotatable bonds is 22. The quantitative estimate of drug-likeness (QED) is 0.0479. The maximum absolute atomic E-state index is 13.0. The first-order chi connectivity index (χ1) is 38.6. The van der Waals surface area contributed by atoms with E-state index in [1.54, 1.807) is 0 Å². The summed E-state index contributed by atoms with van der Waals surface area (Å²) in [6, 6.07) is -5.33. The van der Waals surface area contributed by atoms with E-state index in [1.165, 1.54) is 0 Å². The Hall–Kier alpha value is -3.28. The fourth-order valence-electron chi connectivity index (χ4n) is 10.4. The number of aliphatic carboxylic acids is 1. The van der Waals surface area contributed by atoms with E-state index in [-0.39, 0.29) is 0 Å². The van der Waals surface area contributed by atoms with E-state index in [1.807, 2.05) is 0 Å². The van der Waals surface area contributed by atoms with Crippen LogP contribution in [0.25, 0.3) is 0 Å². The predicted molar refractivity (Wildman–Crippen MR) is 251 cm³/mol. The molecule has 3 amide bonds. The van der Waals surface area contributed by atoms with Gasteiger partial charge in [0.2, 0.25) is 17.7 Å². The number of carbonyl (C=O) groups excluding carboxylic acids is 3. The minimum atomic E-state index is -3.20. The van der Waals surface area contributed by atoms with E-state index in [9.17, 15) is 116 Å². The number of carboxylic acids is 1. The minimum Gasteiger partial charge on any atom is -0.477 e. The molecule has 6 saturated heterocycles. The Morgan fingerprint density at radius 1 is 0.476 bits per heavy atom. The summed E-state index contributed by atoms with van der Waals surface area (Å²) in [6.07, 6.45) is -55.6. The number of amides is 3. The highest BCUT2D eigenvalue weighted by atomic mass is 16.8. The van der Waals surface area contributed by atoms with Crippen molar-refractivity contribution in [1.82, 2.24) is 16.0 Å². The van der Waals surface area contributed by atoms with Gasteiger partial charge < -0.3 is 165 Å². The number of aliphatic hydroxyl groups excluding tert-OH is 18. The van der Waals surface area contributed by atoms with Gasteiger partial charge in [-0.3, -0.25) is 14.4 Å². The molecule has 6 heterocycles. The molecule has 0 saturated carbocycles. The lowest BCUT2D eigenvalue weighted by Crippen LogP contribution is -2.71. The normalized spacial score (nSPS) is 46.3. The maximum Gasteiger partial charge on any atom is 0.364 e. The molecule has 37 heteroatoms. The smallest absolute Gasteiger partial charge is 0.364 e. The van der Waals surface area contributed by atoms with Crippen LogP contribution >= 0.6 is 0 Å². The average Bonchev–Trinajstić information content (AvgIpc) is 2.51. The van der Waals surface area contributed by atoms with Crippen LogP contribution in [-0.2, 0) is 71.3 Å². The highest BCUT2D eigenvalue weighted by molar-refractivity contribution is 5.77. The van der Waals surface area contributed by atoms with Crippen LogP contribution in [0.15, 0.2) is 0 Å². The summed E-state index contributed by atoms with van der Waals surface area (Å²) >= 11 is 0. The van der Waals surface area contributed by atoms with Gasteiger partial charge in [0.05, 0.1) is 51.8 Å². The Morgan fingerprint density at radius 3 is 1.33 bits per heavy atom. The van der Waals surface area contributed by atoms with Crippen LogP contribution in [0.5, 0.6) is 0 Å². The lowest BCUT2D eigenvalue weighted by molar-refractivity contribution is -0.391. The molecule has 474 valence electrons. The van der Waals surface area contributed by atoms with Crippen molar-refractivity contribution >= 4 is 23.7 Å². The Balaban J connectivity index is 1.23. The van der Waals surface area contributed by atoms with Gasteiger partial charge in [0.25, 0.3) is 5.79 Å². The Morgan fingerprint density at radius 2 is 0.878 bits per heavy atom. The summed E-state index contributed by atoms with van der Waals surface area (Å²) in [6.45, 7) is -3.45. The second kappa shape index (κ2) is 28.9. The van der Waals surface area contributed by atoms with Crippen LogP contribution in [0.2, 0.25) is 0 Å². The topological polar surface area (TPSA) is 590 Å². The lowest BCUT2D eigenvalue weighted by Gasteiger charge is -2.51. The fraction of sp³-hybridized carbons (Fsp3) is 0.911. The third kappa shape index (κ3) is 14.6. The van der Waals surface area contributed by atoms with E-state index < -0.39 is 259 Å². The highest BCUT2D eigenvalue weighted by Crippen LogP contribution is 2.40. The van der Waals surface area contributed by atoms with Crippen molar-refractivity contribution in [3.05, 3.63) is 0 Å². The molecular weight excluding hydrogens is 1130 g/mol. The van der Waals surface area contributed by atoms with Crippen molar-refractivity contribution in [3.63, 3.8) is 0 Å². The van der Waals surface area contributed by atoms with E-state index in [0.717, 1.165) is 20.8 Å². The van der Waals surface area contributed by atoms with Gasteiger partial charge in [-0.15, -0.1) is 0 Å². The van der Waals surface area contributed by atoms with Crippen LogP contribution in [-0.4, -0.2) is 350 Å². The fourth-order valence-corrected chi connectivity index (χ4v) is 10.4. The van der Waals surface area contributed by atoms with E-state index in [4.69, 9.17) is 52.1 Å². The predicted octanol–water partition coefficient (Wildman–Crippen LogP) is -14.5. The van der Waals surface area contributed by atoms with Crippen molar-refractivity contribution in [3.8, 4) is 0 Å². The summed E-state index contributed by atoms with van der Waals surface area (Å²) in [5, 5.41) is 211. The van der Waals surface area contributed by atoms with Crippen LogP contribution in [0, 0.1) is 0 Å². The summed E-state index contributed by atoms with van der Waals surface area (Å²) in [5.74, 6) is -7.89. The van der Waals surface area contributed by atoms with Gasteiger partial charge in [-0.2, -0.15) is 0 Å². The molecule has 0 aromatic carbocycles. The molecule has 0 bridgehead atoms. The molecule has 0 unspecified atom stereocenters. The van der Waals surface area contributed by atoms with Gasteiger partial charge in [0.1, 0.15) is 140 Å². The number of carbonyl (C=O) groups is 4. The molecule has 0 aromatic rings. The average molecular weight is 1200 g/mol. The van der Waals surface area contributed by atoms with Crippen molar-refractivity contribution in [2.75, 3.05) is 39.6 Å². The van der Waals surface area contributed by atoms with Gasteiger partial charge >= 0.3 is 5.97 Å². The van der Waals surface area contributed by atoms with Crippen LogP contribution in [0.3, 0.4) is 0 Å². The van der Waals surface area contributed by atoms with Crippen molar-refractivity contribution in [1.29, 1.82) is 0 Å². The van der Waals surface area contributed by atoms with Crippen LogP contribution in [0.1, 0.15) is 27.2 Å². The first kappa shape index (κ1) is 67.8. The first-order valence-electron chi connectivity index (χ1n) is 25.7. The zero-order valence-corrected chi connectivity index (χ0v) is 43.9. The second-order valence-electron chi connectivity index (χ2n) is 20.4. The number of hydrogen-bond acceptors (Lipinski definition) is 33. The molecular formula is C45H75N3O34. The van der Waals surface area contributed by atoms with Gasteiger partial charge in [-0.25, -0.2) is 4.79 Å². The molecule has 0 aromatic heterocycles. The third-order valence-corrected chi connectivity index (χ3v) is 14.6. The summed E-state index contributed by atoms with van der Waals surface area (Å²) in [5.41, 5.74) is 0. The van der Waals surface area contributed by atoms with Crippen LogP contribution in [0.4, 0.5) is 0 Å². The number of carboxylic acid groups (broad SMARTS) is 1. The van der Waals surface area contributed by atoms with Crippen LogP contribution < -0.4 is 16.0 Å². The number of hydrogen-bond donors (Lipinski definition) is 22. The molecule has 0 aliphatic carbocycles. The summed E-state index contributed by atoms with van der Waals surface area (Å²) in [7, 11) is 0. The number of nitrogens with one attached hydrogen (secondary N) is 3. The molecule has 31 atom stereocenters. The highest BCUT2D eigenvalue weighted by Gasteiger charge is 2.61. The minimum absolute atomic E-state index is 0.829. The number of ether oxygens (including phenoxy) is 11. The molecule has 6 fully saturated rings. The Labute approximate surface area is 463 Å². The Kier molecular flexibility index (Phi) is 23.9. The van der Waals surface area contributed by atoms with E-state index in [2.05, 4.69) is 16.0 Å². The van der Waals surface area contributed by atoms with Gasteiger partial charge in [-0.05, 0) is 0 Å².